The Morgan fingerprint density at radius 3 is 2.64 bits per heavy atom. The molecule has 0 saturated carbocycles. The van der Waals surface area contributed by atoms with E-state index in [9.17, 15) is 9.18 Å². The lowest BCUT2D eigenvalue weighted by Crippen LogP contribution is -2.36. The van der Waals surface area contributed by atoms with E-state index in [1.54, 1.807) is 19.2 Å². The summed E-state index contributed by atoms with van der Waals surface area (Å²) >= 11 is 1.49. The minimum atomic E-state index is -0.324. The van der Waals surface area contributed by atoms with Crippen LogP contribution in [0.25, 0.3) is 11.3 Å². The first kappa shape index (κ1) is 24.9. The summed E-state index contributed by atoms with van der Waals surface area (Å²) in [4.78, 5) is 19.3. The average Bonchev–Trinajstić information content (AvgIpc) is 3.22. The van der Waals surface area contributed by atoms with Gasteiger partial charge in [-0.3, -0.25) is 0 Å². The van der Waals surface area contributed by atoms with Crippen molar-refractivity contribution in [3.05, 3.63) is 64.5 Å². The number of anilines is 1. The topological polar surface area (TPSA) is 70.9 Å². The minimum absolute atomic E-state index is 0. The molecule has 176 valence electrons. The lowest BCUT2D eigenvalue weighted by molar-refractivity contribution is 0.122. The largest absolute Gasteiger partial charge is 0.378 e. The maximum Gasteiger partial charge on any atom is 0.314 e. The number of morpholine rings is 1. The maximum absolute atomic E-state index is 13.6. The fourth-order valence-corrected chi connectivity index (χ4v) is 4.51. The van der Waals surface area contributed by atoms with Crippen molar-refractivity contribution >= 4 is 45.7 Å². The number of ether oxygens (including phenoxy) is 1. The van der Waals surface area contributed by atoms with Crippen LogP contribution in [0.3, 0.4) is 0 Å². The van der Waals surface area contributed by atoms with Gasteiger partial charge < -0.3 is 24.8 Å². The van der Waals surface area contributed by atoms with Gasteiger partial charge in [-0.2, -0.15) is 0 Å². The van der Waals surface area contributed by atoms with E-state index in [0.717, 1.165) is 42.4 Å². The highest BCUT2D eigenvalue weighted by atomic mass is 79.9. The number of thiazole rings is 1. The van der Waals surface area contributed by atoms with Crippen LogP contribution in [0.4, 0.5) is 20.6 Å². The van der Waals surface area contributed by atoms with Gasteiger partial charge in [0.15, 0.2) is 4.80 Å². The highest BCUT2D eigenvalue weighted by Crippen LogP contribution is 2.25. The predicted octanol–water partition coefficient (Wildman–Crippen LogP) is 3.93. The fraction of sp³-hybridized carbons (Fsp3) is 0.304. The summed E-state index contributed by atoms with van der Waals surface area (Å²) in [6, 6.07) is 14.4. The van der Waals surface area contributed by atoms with Crippen molar-refractivity contribution in [2.45, 2.75) is 6.54 Å². The molecular weight excluding hydrogens is 509 g/mol. The normalized spacial score (nSPS) is 14.0. The number of hydrogen-bond donors (Lipinski definition) is 2. The third-order valence-electron chi connectivity index (χ3n) is 5.22. The second-order valence-electron chi connectivity index (χ2n) is 7.30. The molecular formula is C23H27BrFN5O2S. The molecule has 2 N–H and O–H groups in total. The van der Waals surface area contributed by atoms with Crippen LogP contribution < -0.4 is 20.3 Å². The lowest BCUT2D eigenvalue weighted by Gasteiger charge is -2.28. The zero-order valence-electron chi connectivity index (χ0n) is 18.3. The van der Waals surface area contributed by atoms with Gasteiger partial charge in [-0.05, 0) is 35.9 Å². The first-order valence-electron chi connectivity index (χ1n) is 10.5. The van der Waals surface area contributed by atoms with E-state index in [1.165, 1.54) is 29.2 Å². The van der Waals surface area contributed by atoms with Gasteiger partial charge in [-0.15, -0.1) is 28.3 Å². The molecule has 0 aliphatic carbocycles. The van der Waals surface area contributed by atoms with E-state index in [2.05, 4.69) is 49.4 Å². The molecule has 2 aromatic carbocycles. The highest BCUT2D eigenvalue weighted by Gasteiger charge is 2.13. The Bertz CT molecular complexity index is 1130. The molecule has 33 heavy (non-hydrogen) atoms. The highest BCUT2D eigenvalue weighted by molar-refractivity contribution is 8.93. The number of aromatic nitrogens is 1. The van der Waals surface area contributed by atoms with Crippen LogP contribution in [0.1, 0.15) is 0 Å². The zero-order chi connectivity index (χ0) is 22.3. The zero-order valence-corrected chi connectivity index (χ0v) is 20.8. The van der Waals surface area contributed by atoms with Crippen molar-refractivity contribution in [2.24, 2.45) is 4.99 Å². The van der Waals surface area contributed by atoms with Gasteiger partial charge in [0.05, 0.1) is 24.6 Å². The number of carbonyl (C=O) groups excluding carboxylic acids is 1. The number of nitrogens with zero attached hydrogens (tertiary/aromatic N) is 3. The number of hydrogen-bond acceptors (Lipinski definition) is 5. The summed E-state index contributed by atoms with van der Waals surface area (Å²) in [7, 11) is 1.58. The van der Waals surface area contributed by atoms with Gasteiger partial charge in [0.1, 0.15) is 5.82 Å². The van der Waals surface area contributed by atoms with E-state index in [0.29, 0.717) is 18.8 Å². The van der Waals surface area contributed by atoms with Crippen LogP contribution in [0.5, 0.6) is 0 Å². The van der Waals surface area contributed by atoms with Gasteiger partial charge in [0.2, 0.25) is 0 Å². The van der Waals surface area contributed by atoms with Gasteiger partial charge in [-0.25, -0.2) is 14.2 Å². The molecule has 10 heteroatoms. The van der Waals surface area contributed by atoms with E-state index in [-0.39, 0.29) is 28.8 Å². The van der Waals surface area contributed by atoms with Crippen LogP contribution in [0.2, 0.25) is 0 Å². The summed E-state index contributed by atoms with van der Waals surface area (Å²) in [5.74, 6) is -0.324. The molecule has 1 saturated heterocycles. The Morgan fingerprint density at radius 2 is 1.94 bits per heavy atom. The van der Waals surface area contributed by atoms with Crippen molar-refractivity contribution in [3.63, 3.8) is 0 Å². The number of urea groups is 1. The molecule has 4 rings (SSSR count). The molecule has 0 unspecified atom stereocenters. The SMILES string of the molecule is Br.CNC(=O)NCCn1c(-c2ccc(N3CCOCC3)cc2)cs/c1=N\c1cccc(F)c1. The second-order valence-corrected chi connectivity index (χ2v) is 8.14. The summed E-state index contributed by atoms with van der Waals surface area (Å²) < 4.78 is 21.1. The van der Waals surface area contributed by atoms with Crippen molar-refractivity contribution in [1.29, 1.82) is 0 Å². The monoisotopic (exact) mass is 535 g/mol. The summed E-state index contributed by atoms with van der Waals surface area (Å²) in [6.07, 6.45) is 0. The molecule has 0 atom stereocenters. The smallest absolute Gasteiger partial charge is 0.314 e. The fourth-order valence-electron chi connectivity index (χ4n) is 3.56. The third kappa shape index (κ3) is 6.43. The third-order valence-corrected chi connectivity index (χ3v) is 6.08. The maximum atomic E-state index is 13.6. The van der Waals surface area contributed by atoms with E-state index in [1.807, 2.05) is 5.38 Å². The van der Waals surface area contributed by atoms with E-state index >= 15 is 0 Å². The molecule has 1 aliphatic rings. The molecule has 0 spiro atoms. The standard InChI is InChI=1S/C23H26FN5O2S.BrH/c1-25-22(30)26-9-10-29-21(16-32-23(29)27-19-4-2-3-18(24)15-19)17-5-7-20(8-6-17)28-11-13-31-14-12-28;/h2-8,15-16H,9-14H2,1H3,(H2,25,26,30);1H/b27-23-;. The number of carbonyl (C=O) groups is 1. The molecule has 3 aromatic rings. The van der Waals surface area contributed by atoms with Gasteiger partial charge >= 0.3 is 6.03 Å². The first-order valence-corrected chi connectivity index (χ1v) is 11.4. The van der Waals surface area contributed by atoms with E-state index in [4.69, 9.17) is 4.74 Å². The molecule has 0 radical (unpaired) electrons. The van der Waals surface area contributed by atoms with Gasteiger partial charge in [0, 0.05) is 44.3 Å². The Hall–Kier alpha value is -2.69. The van der Waals surface area contributed by atoms with Crippen molar-refractivity contribution < 1.29 is 13.9 Å². The molecule has 7 nitrogen and oxygen atoms in total. The van der Waals surface area contributed by atoms with Crippen LogP contribution in [0, 0.1) is 5.82 Å². The number of benzene rings is 2. The summed E-state index contributed by atoms with van der Waals surface area (Å²) in [5.41, 5.74) is 3.77. The van der Waals surface area contributed by atoms with Crippen LogP contribution >= 0.6 is 28.3 Å². The minimum Gasteiger partial charge on any atom is -0.378 e. The summed E-state index contributed by atoms with van der Waals surface area (Å²) in [5, 5.41) is 7.41. The van der Waals surface area contributed by atoms with Gasteiger partial charge in [0.25, 0.3) is 0 Å². The van der Waals surface area contributed by atoms with Crippen LogP contribution in [0.15, 0.2) is 58.9 Å². The molecule has 1 aromatic heterocycles. The van der Waals surface area contributed by atoms with Crippen LogP contribution in [-0.4, -0.2) is 50.5 Å². The number of nitrogens with one attached hydrogen (secondary N) is 2. The Morgan fingerprint density at radius 1 is 1.18 bits per heavy atom. The van der Waals surface area contributed by atoms with Crippen molar-refractivity contribution in [1.82, 2.24) is 15.2 Å². The number of amides is 2. The Kier molecular flexibility index (Phi) is 9.04. The van der Waals surface area contributed by atoms with Crippen molar-refractivity contribution in [3.8, 4) is 11.3 Å². The quantitative estimate of drug-likeness (QED) is 0.502. The van der Waals surface area contributed by atoms with Crippen molar-refractivity contribution in [2.75, 3.05) is 44.8 Å². The molecule has 1 aliphatic heterocycles. The van der Waals surface area contributed by atoms with Gasteiger partial charge in [-0.1, -0.05) is 18.2 Å². The Labute approximate surface area is 206 Å². The predicted molar refractivity (Wildman–Crippen MR) is 135 cm³/mol. The summed E-state index contributed by atoms with van der Waals surface area (Å²) in [6.45, 7) is 4.24. The van der Waals surface area contributed by atoms with Crippen LogP contribution in [-0.2, 0) is 11.3 Å². The number of halogens is 2. The van der Waals surface area contributed by atoms with E-state index < -0.39 is 0 Å². The molecule has 2 amide bonds. The lowest BCUT2D eigenvalue weighted by atomic mass is 10.1. The first-order chi connectivity index (χ1) is 15.6. The molecule has 0 bridgehead atoms. The molecule has 1 fully saturated rings. The number of rotatable bonds is 6. The Balaban J connectivity index is 0.00000306. The molecule has 2 heterocycles. The second kappa shape index (κ2) is 12.0. The average molecular weight is 536 g/mol.